The molecule has 4 nitrogen and oxygen atoms in total. The van der Waals surface area contributed by atoms with E-state index in [2.05, 4.69) is 10.6 Å². The number of benzene rings is 2. The van der Waals surface area contributed by atoms with Crippen LogP contribution in [-0.2, 0) is 6.42 Å². The second-order valence-corrected chi connectivity index (χ2v) is 6.01. The third kappa shape index (κ3) is 7.90. The van der Waals surface area contributed by atoms with Crippen LogP contribution < -0.4 is 15.4 Å². The Kier molecular flexibility index (Phi) is 8.05. The molecule has 0 aliphatic carbocycles. The molecule has 0 aliphatic heterocycles. The summed E-state index contributed by atoms with van der Waals surface area (Å²) in [6.07, 6.45) is 2.35. The van der Waals surface area contributed by atoms with Gasteiger partial charge in [0.05, 0.1) is 6.61 Å². The molecule has 6 heteroatoms. The van der Waals surface area contributed by atoms with Gasteiger partial charge in [-0.2, -0.15) is 0 Å². The molecule has 2 rings (SSSR count). The highest BCUT2D eigenvalue weighted by Crippen LogP contribution is 2.11. The lowest BCUT2D eigenvalue weighted by Gasteiger charge is -2.09. The number of ether oxygens (including phenoxy) is 1. The largest absolute Gasteiger partial charge is 0.494 e. The summed E-state index contributed by atoms with van der Waals surface area (Å²) in [6.45, 7) is 1.67. The maximum absolute atomic E-state index is 12.7. The average Bonchev–Trinajstić information content (AvgIpc) is 2.59. The number of halogens is 2. The van der Waals surface area contributed by atoms with Crippen molar-refractivity contribution in [2.45, 2.75) is 19.3 Å². The van der Waals surface area contributed by atoms with Gasteiger partial charge in [-0.1, -0.05) is 23.7 Å². The SMILES string of the molecule is O=C(NCCCCOc1ccc(F)cc1)NCCc1cccc(Cl)c1. The van der Waals surface area contributed by atoms with Gasteiger partial charge in [-0.15, -0.1) is 0 Å². The van der Waals surface area contributed by atoms with Gasteiger partial charge in [-0.3, -0.25) is 0 Å². The van der Waals surface area contributed by atoms with E-state index in [0.29, 0.717) is 30.5 Å². The predicted octanol–water partition coefficient (Wildman–Crippen LogP) is 4.18. The molecule has 0 unspecified atom stereocenters. The molecule has 0 heterocycles. The summed E-state index contributed by atoms with van der Waals surface area (Å²) in [4.78, 5) is 11.7. The molecule has 25 heavy (non-hydrogen) atoms. The molecule has 0 saturated carbocycles. The summed E-state index contributed by atoms with van der Waals surface area (Å²) in [5.74, 6) is 0.367. The Balaban J connectivity index is 1.48. The number of rotatable bonds is 9. The molecular weight excluding hydrogens is 343 g/mol. The normalized spacial score (nSPS) is 10.3. The maximum Gasteiger partial charge on any atom is 0.314 e. The van der Waals surface area contributed by atoms with Crippen LogP contribution in [0, 0.1) is 5.82 Å². The Labute approximate surface area is 152 Å². The summed E-state index contributed by atoms with van der Waals surface area (Å²) < 4.78 is 18.2. The Hall–Kier alpha value is -2.27. The summed E-state index contributed by atoms with van der Waals surface area (Å²) in [7, 11) is 0. The number of hydrogen-bond acceptors (Lipinski definition) is 2. The van der Waals surface area contributed by atoms with E-state index in [1.54, 1.807) is 12.1 Å². The molecule has 2 aromatic carbocycles. The molecule has 0 radical (unpaired) electrons. The molecule has 0 aliphatic rings. The van der Waals surface area contributed by atoms with Crippen molar-refractivity contribution in [1.29, 1.82) is 0 Å². The van der Waals surface area contributed by atoms with Gasteiger partial charge in [0.1, 0.15) is 11.6 Å². The molecule has 0 spiro atoms. The lowest BCUT2D eigenvalue weighted by molar-refractivity contribution is 0.240. The number of urea groups is 1. The topological polar surface area (TPSA) is 50.4 Å². The maximum atomic E-state index is 12.7. The summed E-state index contributed by atoms with van der Waals surface area (Å²) in [5.41, 5.74) is 1.09. The van der Waals surface area contributed by atoms with Crippen LogP contribution >= 0.6 is 11.6 Å². The number of nitrogens with one attached hydrogen (secondary N) is 2. The van der Waals surface area contributed by atoms with Crippen molar-refractivity contribution in [3.8, 4) is 5.75 Å². The first-order chi connectivity index (χ1) is 12.1. The fourth-order valence-electron chi connectivity index (χ4n) is 2.23. The number of unbranched alkanes of at least 4 members (excludes halogenated alkanes) is 1. The highest BCUT2D eigenvalue weighted by atomic mass is 35.5. The van der Waals surface area contributed by atoms with Gasteiger partial charge < -0.3 is 15.4 Å². The number of amides is 2. The van der Waals surface area contributed by atoms with Crippen LogP contribution in [0.1, 0.15) is 18.4 Å². The fraction of sp³-hybridized carbons (Fsp3) is 0.316. The van der Waals surface area contributed by atoms with Crippen molar-refractivity contribution < 1.29 is 13.9 Å². The van der Waals surface area contributed by atoms with Crippen molar-refractivity contribution in [1.82, 2.24) is 10.6 Å². The Bertz CT molecular complexity index is 665. The zero-order valence-electron chi connectivity index (χ0n) is 13.9. The third-order valence-electron chi connectivity index (χ3n) is 3.53. The van der Waals surface area contributed by atoms with Crippen molar-refractivity contribution in [3.63, 3.8) is 0 Å². The second kappa shape index (κ2) is 10.6. The molecule has 2 aromatic rings. The highest BCUT2D eigenvalue weighted by Gasteiger charge is 2.00. The highest BCUT2D eigenvalue weighted by molar-refractivity contribution is 6.30. The van der Waals surface area contributed by atoms with E-state index in [9.17, 15) is 9.18 Å². The number of hydrogen-bond donors (Lipinski definition) is 2. The predicted molar refractivity (Wildman–Crippen MR) is 97.7 cm³/mol. The monoisotopic (exact) mass is 364 g/mol. The van der Waals surface area contributed by atoms with Gasteiger partial charge in [-0.05, 0) is 61.2 Å². The van der Waals surface area contributed by atoms with Crippen LogP contribution in [0.15, 0.2) is 48.5 Å². The minimum absolute atomic E-state index is 0.179. The Morgan fingerprint density at radius 3 is 2.56 bits per heavy atom. The Morgan fingerprint density at radius 2 is 1.80 bits per heavy atom. The van der Waals surface area contributed by atoms with Crippen molar-refractivity contribution in [2.75, 3.05) is 19.7 Å². The van der Waals surface area contributed by atoms with E-state index < -0.39 is 0 Å². The lowest BCUT2D eigenvalue weighted by Crippen LogP contribution is -2.37. The van der Waals surface area contributed by atoms with E-state index >= 15 is 0 Å². The summed E-state index contributed by atoms with van der Waals surface area (Å²) >= 11 is 5.92. The first-order valence-corrected chi connectivity index (χ1v) is 8.66. The molecular formula is C19H22ClFN2O2. The smallest absolute Gasteiger partial charge is 0.314 e. The average molecular weight is 365 g/mol. The van der Waals surface area contributed by atoms with E-state index in [0.717, 1.165) is 24.8 Å². The number of carbonyl (C=O) groups excluding carboxylic acids is 1. The van der Waals surface area contributed by atoms with Crippen molar-refractivity contribution in [3.05, 3.63) is 64.9 Å². The standard InChI is InChI=1S/C19H22ClFN2O2/c20-16-5-3-4-15(14-16)10-12-23-19(24)22-11-1-2-13-25-18-8-6-17(21)7-9-18/h3-9,14H,1-2,10-13H2,(H2,22,23,24). The van der Waals surface area contributed by atoms with E-state index in [1.165, 1.54) is 12.1 Å². The van der Waals surface area contributed by atoms with E-state index in [-0.39, 0.29) is 11.8 Å². The molecule has 0 saturated heterocycles. The molecule has 0 aromatic heterocycles. The van der Waals surface area contributed by atoms with Gasteiger partial charge in [0.2, 0.25) is 0 Å². The quantitative estimate of drug-likeness (QED) is 0.656. The zero-order chi connectivity index (χ0) is 17.9. The third-order valence-corrected chi connectivity index (χ3v) is 3.76. The van der Waals surface area contributed by atoms with Crippen LogP contribution in [0.4, 0.5) is 9.18 Å². The van der Waals surface area contributed by atoms with Gasteiger partial charge in [-0.25, -0.2) is 9.18 Å². The Morgan fingerprint density at radius 1 is 1.04 bits per heavy atom. The van der Waals surface area contributed by atoms with Gasteiger partial charge in [0.25, 0.3) is 0 Å². The minimum Gasteiger partial charge on any atom is -0.494 e. The number of carbonyl (C=O) groups is 1. The second-order valence-electron chi connectivity index (χ2n) is 5.57. The molecule has 2 N–H and O–H groups in total. The van der Waals surface area contributed by atoms with Gasteiger partial charge >= 0.3 is 6.03 Å². The molecule has 0 bridgehead atoms. The van der Waals surface area contributed by atoms with Crippen molar-refractivity contribution >= 4 is 17.6 Å². The molecule has 134 valence electrons. The first-order valence-electron chi connectivity index (χ1n) is 8.28. The van der Waals surface area contributed by atoms with E-state index in [4.69, 9.17) is 16.3 Å². The molecule has 0 fully saturated rings. The van der Waals surface area contributed by atoms with Crippen LogP contribution in [-0.4, -0.2) is 25.7 Å². The van der Waals surface area contributed by atoms with Crippen LogP contribution in [0.3, 0.4) is 0 Å². The zero-order valence-corrected chi connectivity index (χ0v) is 14.7. The summed E-state index contributed by atoms with van der Waals surface area (Å²) in [6, 6.07) is 13.3. The van der Waals surface area contributed by atoms with Crippen molar-refractivity contribution in [2.24, 2.45) is 0 Å². The summed E-state index contributed by atoms with van der Waals surface area (Å²) in [5, 5.41) is 6.32. The van der Waals surface area contributed by atoms with Crippen LogP contribution in [0.25, 0.3) is 0 Å². The van der Waals surface area contributed by atoms with Crippen LogP contribution in [0.2, 0.25) is 5.02 Å². The first kappa shape index (κ1) is 19.1. The molecule has 0 atom stereocenters. The van der Waals surface area contributed by atoms with Gasteiger partial charge in [0, 0.05) is 18.1 Å². The lowest BCUT2D eigenvalue weighted by atomic mass is 10.1. The fourth-order valence-corrected chi connectivity index (χ4v) is 2.44. The molecule has 2 amide bonds. The van der Waals surface area contributed by atoms with E-state index in [1.807, 2.05) is 24.3 Å². The van der Waals surface area contributed by atoms with Crippen LogP contribution in [0.5, 0.6) is 5.75 Å². The van der Waals surface area contributed by atoms with Gasteiger partial charge in [0.15, 0.2) is 0 Å². The minimum atomic E-state index is -0.280.